The van der Waals surface area contributed by atoms with Crippen LogP contribution in [0.15, 0.2) is 47.4 Å². The number of amides is 1. The summed E-state index contributed by atoms with van der Waals surface area (Å²) >= 11 is 1.83. The molecule has 172 valence electrons. The molecule has 1 unspecified atom stereocenters. The van der Waals surface area contributed by atoms with E-state index in [0.717, 1.165) is 29.9 Å². The fourth-order valence-electron chi connectivity index (χ4n) is 4.29. The molecule has 1 spiro atoms. The van der Waals surface area contributed by atoms with E-state index in [2.05, 4.69) is 0 Å². The van der Waals surface area contributed by atoms with Gasteiger partial charge in [-0.25, -0.2) is 9.80 Å². The van der Waals surface area contributed by atoms with Gasteiger partial charge in [0.05, 0.1) is 6.54 Å². The zero-order chi connectivity index (χ0) is 22.9. The van der Waals surface area contributed by atoms with Crippen molar-refractivity contribution in [3.63, 3.8) is 0 Å². The number of rotatable bonds is 3. The zero-order valence-corrected chi connectivity index (χ0v) is 19.6. The van der Waals surface area contributed by atoms with Gasteiger partial charge in [-0.15, -0.1) is 0 Å². The molecule has 1 saturated heterocycles. The first-order chi connectivity index (χ1) is 15.2. The van der Waals surface area contributed by atoms with E-state index < -0.39 is 23.2 Å². The number of pyridine rings is 1. The summed E-state index contributed by atoms with van der Waals surface area (Å²) in [6.07, 6.45) is 1.55. The minimum Gasteiger partial charge on any atom is -0.483 e. The van der Waals surface area contributed by atoms with Crippen molar-refractivity contribution in [2.24, 2.45) is 5.41 Å². The van der Waals surface area contributed by atoms with E-state index in [1.807, 2.05) is 62.9 Å². The largest absolute Gasteiger partial charge is 0.483 e. The molecule has 1 fully saturated rings. The molecule has 3 heterocycles. The molecule has 7 nitrogen and oxygen atoms in total. The normalized spacial score (nSPS) is 20.0. The maximum atomic E-state index is 13.2. The van der Waals surface area contributed by atoms with Gasteiger partial charge in [0.2, 0.25) is 5.43 Å². The number of carbonyl (C=O) groups excluding carboxylic acids is 1. The Labute approximate surface area is 192 Å². The average Bonchev–Trinajstić information content (AvgIpc) is 2.76. The predicted molar refractivity (Wildman–Crippen MR) is 125 cm³/mol. The highest BCUT2D eigenvalue weighted by molar-refractivity contribution is 7.99. The van der Waals surface area contributed by atoms with E-state index in [9.17, 15) is 14.7 Å². The Kier molecular flexibility index (Phi) is 6.27. The molecule has 2 aliphatic rings. The summed E-state index contributed by atoms with van der Waals surface area (Å²) < 4.78 is 13.2. The number of hydrogen-bond acceptors (Lipinski definition) is 6. The van der Waals surface area contributed by atoms with Crippen molar-refractivity contribution < 1.29 is 19.4 Å². The van der Waals surface area contributed by atoms with Crippen LogP contribution < -0.4 is 15.2 Å². The number of ether oxygens (including phenoxy) is 2. The van der Waals surface area contributed by atoms with Crippen LogP contribution in [0.4, 0.5) is 4.79 Å². The lowest BCUT2D eigenvalue weighted by Crippen LogP contribution is -2.57. The molecular weight excluding hydrogens is 428 g/mol. The Hall–Kier alpha value is -2.45. The van der Waals surface area contributed by atoms with E-state index in [1.165, 1.54) is 21.9 Å². The quantitative estimate of drug-likeness (QED) is 0.752. The molecule has 1 aromatic heterocycles. The van der Waals surface area contributed by atoms with Gasteiger partial charge in [0.1, 0.15) is 24.0 Å². The number of carbonyl (C=O) groups is 1. The Morgan fingerprint density at radius 3 is 2.53 bits per heavy atom. The lowest BCUT2D eigenvalue weighted by Gasteiger charge is -2.49. The van der Waals surface area contributed by atoms with Crippen molar-refractivity contribution in [2.75, 3.05) is 23.1 Å². The van der Waals surface area contributed by atoms with Crippen molar-refractivity contribution in [1.29, 1.82) is 0 Å². The van der Waals surface area contributed by atoms with Crippen LogP contribution in [0.3, 0.4) is 0 Å². The van der Waals surface area contributed by atoms with E-state index in [4.69, 9.17) is 9.47 Å². The maximum Gasteiger partial charge on any atom is 0.429 e. The summed E-state index contributed by atoms with van der Waals surface area (Å²) in [6.45, 7) is 5.96. The van der Waals surface area contributed by atoms with Gasteiger partial charge in [-0.3, -0.25) is 9.47 Å². The smallest absolute Gasteiger partial charge is 0.429 e. The minimum atomic E-state index is -0.929. The van der Waals surface area contributed by atoms with Crippen LogP contribution in [-0.2, 0) is 11.3 Å². The molecule has 0 bridgehead atoms. The number of fused-ring (bicyclic) bond motifs is 1. The Morgan fingerprint density at radius 2 is 1.88 bits per heavy atom. The number of hydrogen-bond donors (Lipinski definition) is 1. The Morgan fingerprint density at radius 1 is 1.19 bits per heavy atom. The van der Waals surface area contributed by atoms with E-state index in [0.29, 0.717) is 12.2 Å². The molecule has 0 aliphatic carbocycles. The van der Waals surface area contributed by atoms with Crippen molar-refractivity contribution in [1.82, 2.24) is 4.68 Å². The Balaban J connectivity index is 1.78. The lowest BCUT2D eigenvalue weighted by molar-refractivity contribution is -0.0125. The summed E-state index contributed by atoms with van der Waals surface area (Å²) in [5.41, 5.74) is -0.322. The SMILES string of the molecule is CC(C)(C)OC(=O)N1CC2(CCSCC2)C(O)c2c(OCc3ccccc3)c(=O)ccn21. The standard InChI is InChI=1S/C24H30N2O5S/c1-23(2,3)31-22(29)26-16-24(10-13-32-14-11-24)21(28)19-20(18(27)9-12-25(19)26)30-15-17-7-5-4-6-8-17/h4-9,12,21,28H,10-11,13-16H2,1-3H3. The molecule has 32 heavy (non-hydrogen) atoms. The third-order valence-corrected chi connectivity index (χ3v) is 6.94. The molecule has 1 atom stereocenters. The number of benzene rings is 1. The highest BCUT2D eigenvalue weighted by Crippen LogP contribution is 2.49. The molecule has 1 N–H and O–H groups in total. The molecule has 0 radical (unpaired) electrons. The third-order valence-electron chi connectivity index (χ3n) is 5.95. The summed E-state index contributed by atoms with van der Waals surface area (Å²) in [6, 6.07) is 10.9. The van der Waals surface area contributed by atoms with Gasteiger partial charge in [-0.2, -0.15) is 11.8 Å². The zero-order valence-electron chi connectivity index (χ0n) is 18.7. The first-order valence-electron chi connectivity index (χ1n) is 10.9. The summed E-state index contributed by atoms with van der Waals surface area (Å²) in [7, 11) is 0. The van der Waals surface area contributed by atoms with Gasteiger partial charge in [0.15, 0.2) is 5.75 Å². The highest BCUT2D eigenvalue weighted by Gasteiger charge is 2.49. The van der Waals surface area contributed by atoms with Crippen molar-refractivity contribution in [2.45, 2.75) is 51.9 Å². The first kappa shape index (κ1) is 22.7. The fourth-order valence-corrected chi connectivity index (χ4v) is 5.59. The van der Waals surface area contributed by atoms with Crippen LogP contribution in [0, 0.1) is 5.41 Å². The molecule has 8 heteroatoms. The topological polar surface area (TPSA) is 81.0 Å². The average molecular weight is 459 g/mol. The number of thioether (sulfide) groups is 1. The predicted octanol–water partition coefficient (Wildman–Crippen LogP) is 3.86. The van der Waals surface area contributed by atoms with Gasteiger partial charge in [-0.05, 0) is 50.7 Å². The summed E-state index contributed by atoms with van der Waals surface area (Å²) in [5, 5.41) is 13.0. The van der Waals surface area contributed by atoms with E-state index in [-0.39, 0.29) is 17.8 Å². The summed E-state index contributed by atoms with van der Waals surface area (Å²) in [5.74, 6) is 1.85. The molecule has 1 amide bonds. The maximum absolute atomic E-state index is 13.2. The summed E-state index contributed by atoms with van der Waals surface area (Å²) in [4.78, 5) is 26.0. The number of nitrogens with zero attached hydrogens (tertiary/aromatic N) is 2. The molecule has 1 aromatic carbocycles. The molecule has 4 rings (SSSR count). The highest BCUT2D eigenvalue weighted by atomic mass is 32.2. The van der Waals surface area contributed by atoms with Gasteiger partial charge in [-0.1, -0.05) is 30.3 Å². The van der Waals surface area contributed by atoms with Crippen molar-refractivity contribution >= 4 is 17.9 Å². The van der Waals surface area contributed by atoms with Crippen molar-refractivity contribution in [3.8, 4) is 5.75 Å². The van der Waals surface area contributed by atoms with E-state index in [1.54, 1.807) is 0 Å². The molecular formula is C24H30N2O5S. The van der Waals surface area contributed by atoms with Gasteiger partial charge in [0, 0.05) is 17.7 Å². The van der Waals surface area contributed by atoms with Crippen LogP contribution in [-0.4, -0.2) is 39.5 Å². The molecule has 2 aromatic rings. The minimum absolute atomic E-state index is 0.0784. The third kappa shape index (κ3) is 4.52. The number of aromatic nitrogens is 1. The number of aliphatic hydroxyl groups excluding tert-OH is 1. The van der Waals surface area contributed by atoms with Gasteiger partial charge >= 0.3 is 6.09 Å². The van der Waals surface area contributed by atoms with Crippen LogP contribution in [0.25, 0.3) is 0 Å². The van der Waals surface area contributed by atoms with Crippen LogP contribution in [0.2, 0.25) is 0 Å². The lowest BCUT2D eigenvalue weighted by atomic mass is 9.73. The fraction of sp³-hybridized carbons (Fsp3) is 0.500. The second-order valence-electron chi connectivity index (χ2n) is 9.43. The monoisotopic (exact) mass is 458 g/mol. The van der Waals surface area contributed by atoms with Crippen LogP contribution >= 0.6 is 11.8 Å². The number of aliphatic hydroxyl groups is 1. The van der Waals surface area contributed by atoms with Gasteiger partial charge < -0.3 is 14.6 Å². The van der Waals surface area contributed by atoms with Crippen LogP contribution in [0.5, 0.6) is 5.75 Å². The first-order valence-corrected chi connectivity index (χ1v) is 12.0. The molecule has 2 aliphatic heterocycles. The van der Waals surface area contributed by atoms with Crippen LogP contribution in [0.1, 0.15) is 51.0 Å². The Bertz CT molecular complexity index is 1020. The second-order valence-corrected chi connectivity index (χ2v) is 10.7. The van der Waals surface area contributed by atoms with E-state index >= 15 is 0 Å². The van der Waals surface area contributed by atoms with Gasteiger partial charge in [0.25, 0.3) is 0 Å². The molecule has 0 saturated carbocycles. The second kappa shape index (κ2) is 8.83. The van der Waals surface area contributed by atoms with Crippen molar-refractivity contribution in [3.05, 3.63) is 64.1 Å².